The van der Waals surface area contributed by atoms with E-state index in [0.717, 1.165) is 15.3 Å². The Balaban J connectivity index is 0.000000309. The molecule has 2 aromatic heterocycles. The SMILES string of the molecule is Cc1s[n+]2c(-c3ccccc3)csc2c1C#N.[O-][Cl+3]([O-])([O-])[O-]. The van der Waals surface area contributed by atoms with E-state index in [1.165, 1.54) is 11.3 Å². The molecule has 3 rings (SSSR count). The van der Waals surface area contributed by atoms with Crippen LogP contribution in [0.5, 0.6) is 0 Å². The molecular formula is C13H9ClN2O4S2. The molecule has 0 unspecified atom stereocenters. The molecule has 1 aromatic carbocycles. The van der Waals surface area contributed by atoms with E-state index in [9.17, 15) is 0 Å². The maximum absolute atomic E-state index is 9.14. The predicted octanol–water partition coefficient (Wildman–Crippen LogP) is -1.36. The summed E-state index contributed by atoms with van der Waals surface area (Å²) in [6.07, 6.45) is 0. The second kappa shape index (κ2) is 6.68. The second-order valence-corrected chi connectivity index (χ2v) is 6.87. The first-order valence-corrected chi connectivity index (χ1v) is 8.70. The summed E-state index contributed by atoms with van der Waals surface area (Å²) in [6.45, 7) is 2.00. The zero-order valence-electron chi connectivity index (χ0n) is 11.2. The Hall–Kier alpha value is -1.57. The van der Waals surface area contributed by atoms with Gasteiger partial charge in [0.1, 0.15) is 17.6 Å². The first-order valence-electron chi connectivity index (χ1n) is 5.81. The summed E-state index contributed by atoms with van der Waals surface area (Å²) in [5, 5.41) is 11.2. The number of rotatable bonds is 1. The minimum absolute atomic E-state index is 0.808. The molecule has 0 aliphatic carbocycles. The number of nitriles is 1. The van der Waals surface area contributed by atoms with Crippen molar-refractivity contribution in [2.75, 3.05) is 0 Å². The molecule has 0 aliphatic rings. The third-order valence-corrected chi connectivity index (χ3v) is 4.77. The lowest BCUT2D eigenvalue weighted by Crippen LogP contribution is -2.68. The standard InChI is InChI=1S/C13H9N2S2.ClHO4/c1-9-11(7-14)13-15(17-9)12(8-16-13)10-5-3-2-4-6-10;2-1(3,4)5/h2-6,8H,1H3;(H,2,3,4,5)/q+1;/p-1. The van der Waals surface area contributed by atoms with Crippen LogP contribution in [-0.4, -0.2) is 0 Å². The fourth-order valence-electron chi connectivity index (χ4n) is 1.82. The fraction of sp³-hybridized carbons (Fsp3) is 0.0769. The van der Waals surface area contributed by atoms with Crippen LogP contribution in [0.2, 0.25) is 0 Å². The molecule has 6 nitrogen and oxygen atoms in total. The number of nitrogens with zero attached hydrogens (tertiary/aromatic N) is 2. The molecule has 0 bridgehead atoms. The van der Waals surface area contributed by atoms with Gasteiger partial charge in [0.15, 0.2) is 5.56 Å². The van der Waals surface area contributed by atoms with Crippen LogP contribution in [0.15, 0.2) is 35.7 Å². The van der Waals surface area contributed by atoms with Crippen LogP contribution in [0.1, 0.15) is 10.4 Å². The quantitative estimate of drug-likeness (QED) is 0.498. The first kappa shape index (κ1) is 16.8. The van der Waals surface area contributed by atoms with Gasteiger partial charge in [-0.15, -0.1) is 10.2 Å². The lowest BCUT2D eigenvalue weighted by Gasteiger charge is -2.17. The Bertz CT molecular complexity index is 812. The zero-order chi connectivity index (χ0) is 16.3. The maximum Gasteiger partial charge on any atom is 0.300 e. The summed E-state index contributed by atoms with van der Waals surface area (Å²) in [5.74, 6) is 0. The largest absolute Gasteiger partial charge is 0.300 e. The molecular weight excluding hydrogens is 348 g/mol. The van der Waals surface area contributed by atoms with Crippen molar-refractivity contribution in [1.82, 2.24) is 0 Å². The fourth-order valence-corrected chi connectivity index (χ4v) is 4.11. The number of aromatic nitrogens is 1. The van der Waals surface area contributed by atoms with Gasteiger partial charge in [-0.3, -0.25) is 0 Å². The third-order valence-electron chi connectivity index (χ3n) is 2.66. The van der Waals surface area contributed by atoms with Gasteiger partial charge in [0.05, 0.1) is 10.3 Å². The summed E-state index contributed by atoms with van der Waals surface area (Å²) in [5.41, 5.74) is 3.16. The van der Waals surface area contributed by atoms with Crippen LogP contribution in [0.3, 0.4) is 0 Å². The van der Waals surface area contributed by atoms with E-state index in [4.69, 9.17) is 23.9 Å². The van der Waals surface area contributed by atoms with Crippen LogP contribution in [0.25, 0.3) is 16.1 Å². The van der Waals surface area contributed by atoms with Gasteiger partial charge in [-0.05, 0) is 19.1 Å². The molecule has 9 heteroatoms. The van der Waals surface area contributed by atoms with E-state index < -0.39 is 10.2 Å². The zero-order valence-corrected chi connectivity index (χ0v) is 13.6. The van der Waals surface area contributed by atoms with Crippen LogP contribution in [0.4, 0.5) is 0 Å². The molecule has 0 N–H and O–H groups in total. The minimum atomic E-state index is -4.94. The van der Waals surface area contributed by atoms with E-state index in [-0.39, 0.29) is 0 Å². The molecule has 0 spiro atoms. The molecule has 0 aliphatic heterocycles. The summed E-state index contributed by atoms with van der Waals surface area (Å²) >= 11 is 3.27. The highest BCUT2D eigenvalue weighted by molar-refractivity contribution is 7.17. The topological polar surface area (TPSA) is 120 Å². The summed E-state index contributed by atoms with van der Waals surface area (Å²) in [6, 6.07) is 12.5. The van der Waals surface area contributed by atoms with E-state index in [0.29, 0.717) is 0 Å². The predicted molar refractivity (Wildman–Crippen MR) is 70.2 cm³/mol. The van der Waals surface area contributed by atoms with Crippen molar-refractivity contribution in [1.29, 1.82) is 5.26 Å². The van der Waals surface area contributed by atoms with Gasteiger partial charge in [-0.25, -0.2) is 18.6 Å². The van der Waals surface area contributed by atoms with Gasteiger partial charge >= 0.3 is 0 Å². The molecule has 3 aromatic rings. The molecule has 114 valence electrons. The van der Waals surface area contributed by atoms with Crippen LogP contribution < -0.4 is 22.4 Å². The normalized spacial score (nSPS) is 10.9. The number of fused-ring (bicyclic) bond motifs is 1. The van der Waals surface area contributed by atoms with Crippen molar-refractivity contribution in [2.24, 2.45) is 0 Å². The van der Waals surface area contributed by atoms with Crippen LogP contribution in [-0.2, 0) is 0 Å². The lowest BCUT2D eigenvalue weighted by atomic mass is 10.2. The minimum Gasteiger partial charge on any atom is -0.222 e. The molecule has 0 saturated carbocycles. The van der Waals surface area contributed by atoms with Crippen molar-refractivity contribution < 1.29 is 32.7 Å². The Morgan fingerprint density at radius 1 is 1.14 bits per heavy atom. The summed E-state index contributed by atoms with van der Waals surface area (Å²) < 4.78 is 36.1. The van der Waals surface area contributed by atoms with E-state index in [1.54, 1.807) is 22.9 Å². The Labute approximate surface area is 136 Å². The number of halogens is 1. The number of benzene rings is 1. The highest BCUT2D eigenvalue weighted by atomic mass is 35.7. The maximum atomic E-state index is 9.14. The molecule has 0 amide bonds. The van der Waals surface area contributed by atoms with Gasteiger partial charge in [-0.1, -0.05) is 33.3 Å². The molecule has 0 saturated heterocycles. The molecule has 0 fully saturated rings. The van der Waals surface area contributed by atoms with E-state index >= 15 is 0 Å². The number of hydrogen-bond donors (Lipinski definition) is 0. The smallest absolute Gasteiger partial charge is 0.222 e. The average molecular weight is 357 g/mol. The molecule has 0 radical (unpaired) electrons. The van der Waals surface area contributed by atoms with Crippen LogP contribution >= 0.6 is 22.9 Å². The lowest BCUT2D eigenvalue weighted by molar-refractivity contribution is -2.00. The molecule has 0 atom stereocenters. The van der Waals surface area contributed by atoms with Gasteiger partial charge in [0, 0.05) is 5.56 Å². The molecule has 2 heterocycles. The second-order valence-electron chi connectivity index (χ2n) is 4.10. The van der Waals surface area contributed by atoms with Crippen molar-refractivity contribution in [2.45, 2.75) is 6.92 Å². The van der Waals surface area contributed by atoms with Crippen LogP contribution in [0, 0.1) is 28.5 Å². The Morgan fingerprint density at radius 2 is 1.73 bits per heavy atom. The summed E-state index contributed by atoms with van der Waals surface area (Å²) in [7, 11) is -4.94. The van der Waals surface area contributed by atoms with Gasteiger partial charge in [0.2, 0.25) is 5.69 Å². The summed E-state index contributed by atoms with van der Waals surface area (Å²) in [4.78, 5) is 2.13. The monoisotopic (exact) mass is 356 g/mol. The van der Waals surface area contributed by atoms with Crippen molar-refractivity contribution in [3.05, 3.63) is 46.2 Å². The number of hydrogen-bond acceptors (Lipinski definition) is 7. The van der Waals surface area contributed by atoms with Gasteiger partial charge < -0.3 is 0 Å². The molecule has 22 heavy (non-hydrogen) atoms. The van der Waals surface area contributed by atoms with Crippen molar-refractivity contribution in [3.8, 4) is 17.3 Å². The first-order chi connectivity index (χ1) is 10.3. The Morgan fingerprint density at radius 3 is 2.27 bits per heavy atom. The highest BCUT2D eigenvalue weighted by Gasteiger charge is 2.24. The van der Waals surface area contributed by atoms with Crippen molar-refractivity contribution in [3.63, 3.8) is 0 Å². The highest BCUT2D eigenvalue weighted by Crippen LogP contribution is 2.27. The van der Waals surface area contributed by atoms with Gasteiger partial charge in [-0.2, -0.15) is 5.26 Å². The number of thiazole rings is 1. The van der Waals surface area contributed by atoms with E-state index in [1.807, 2.05) is 25.1 Å². The van der Waals surface area contributed by atoms with Gasteiger partial charge in [0.25, 0.3) is 4.83 Å². The third kappa shape index (κ3) is 4.00. The van der Waals surface area contributed by atoms with E-state index in [2.05, 4.69) is 27.4 Å². The number of aryl methyl sites for hydroxylation is 1. The van der Waals surface area contributed by atoms with Crippen molar-refractivity contribution >= 4 is 27.7 Å². The average Bonchev–Trinajstić information content (AvgIpc) is 2.95. The Kier molecular flexibility index (Phi) is 5.10.